The van der Waals surface area contributed by atoms with Crippen LogP contribution in [0, 0.1) is 0 Å². The summed E-state index contributed by atoms with van der Waals surface area (Å²) in [5.74, 6) is -0.249. The number of amides is 1. The lowest BCUT2D eigenvalue weighted by Crippen LogP contribution is -2.37. The number of thiocarbonyl (C=S) groups is 1. The van der Waals surface area contributed by atoms with Crippen LogP contribution in [0.15, 0.2) is 23.1 Å². The topological polar surface area (TPSA) is 79.2 Å². The third kappa shape index (κ3) is 3.16. The van der Waals surface area contributed by atoms with Gasteiger partial charge in [-0.25, -0.2) is 0 Å². The van der Waals surface area contributed by atoms with Gasteiger partial charge in [0, 0.05) is 24.4 Å². The molecule has 0 radical (unpaired) electrons. The zero-order valence-corrected chi connectivity index (χ0v) is 9.71. The molecular weight excluding hydrogens is 226 g/mol. The fraction of sp³-hybridized carbons (Fsp3) is 0.300. The van der Waals surface area contributed by atoms with Crippen LogP contribution in [0.5, 0.6) is 0 Å². The van der Waals surface area contributed by atoms with E-state index in [0.29, 0.717) is 12.1 Å². The van der Waals surface area contributed by atoms with Crippen molar-refractivity contribution in [3.63, 3.8) is 0 Å². The van der Waals surface area contributed by atoms with E-state index >= 15 is 0 Å². The Balaban J connectivity index is 2.91. The number of nitrogens with two attached hydrogens (primary N) is 1. The Morgan fingerprint density at radius 2 is 2.31 bits per heavy atom. The number of aromatic amines is 1. The molecule has 0 fully saturated rings. The molecular formula is C10H13N3O2S. The van der Waals surface area contributed by atoms with Crippen LogP contribution in [0.25, 0.3) is 0 Å². The predicted octanol–water partition coefficient (Wildman–Crippen LogP) is 0.123. The molecule has 3 N–H and O–H groups in total. The van der Waals surface area contributed by atoms with Gasteiger partial charge in [0.2, 0.25) is 5.56 Å². The lowest BCUT2D eigenvalue weighted by atomic mass is 10.2. The van der Waals surface area contributed by atoms with Gasteiger partial charge in [-0.2, -0.15) is 0 Å². The van der Waals surface area contributed by atoms with Crippen molar-refractivity contribution in [1.82, 2.24) is 9.88 Å². The summed E-state index contributed by atoms with van der Waals surface area (Å²) < 4.78 is 0. The molecule has 0 saturated heterocycles. The van der Waals surface area contributed by atoms with Crippen molar-refractivity contribution in [2.24, 2.45) is 5.73 Å². The van der Waals surface area contributed by atoms with Gasteiger partial charge in [-0.15, -0.1) is 0 Å². The van der Waals surface area contributed by atoms with E-state index in [1.165, 1.54) is 17.2 Å². The van der Waals surface area contributed by atoms with Gasteiger partial charge in [0.15, 0.2) is 0 Å². The SMILES string of the molecule is CCN(CC(N)=S)C(=O)c1cc[nH]c(=O)c1. The third-order valence-electron chi connectivity index (χ3n) is 2.04. The molecule has 0 aliphatic heterocycles. The maximum absolute atomic E-state index is 11.9. The lowest BCUT2D eigenvalue weighted by molar-refractivity contribution is 0.0787. The van der Waals surface area contributed by atoms with Crippen LogP contribution >= 0.6 is 12.2 Å². The number of pyridine rings is 1. The fourth-order valence-electron chi connectivity index (χ4n) is 1.28. The maximum atomic E-state index is 11.9. The largest absolute Gasteiger partial charge is 0.392 e. The van der Waals surface area contributed by atoms with Crippen LogP contribution in [0.4, 0.5) is 0 Å². The zero-order chi connectivity index (χ0) is 12.1. The van der Waals surface area contributed by atoms with Crippen LogP contribution in [0.3, 0.4) is 0 Å². The van der Waals surface area contributed by atoms with E-state index in [0.717, 1.165) is 0 Å². The quantitative estimate of drug-likeness (QED) is 0.732. The number of aromatic nitrogens is 1. The molecule has 6 heteroatoms. The summed E-state index contributed by atoms with van der Waals surface area (Å²) in [6, 6.07) is 2.80. The Bertz CT molecular complexity index is 455. The van der Waals surface area contributed by atoms with Gasteiger partial charge >= 0.3 is 0 Å². The fourth-order valence-corrected chi connectivity index (χ4v) is 1.43. The minimum absolute atomic E-state index is 0.220. The molecule has 5 nitrogen and oxygen atoms in total. The van der Waals surface area contributed by atoms with E-state index in [-0.39, 0.29) is 23.0 Å². The van der Waals surface area contributed by atoms with Crippen LogP contribution in [-0.2, 0) is 0 Å². The summed E-state index contributed by atoms with van der Waals surface area (Å²) in [6.07, 6.45) is 1.43. The lowest BCUT2D eigenvalue weighted by Gasteiger charge is -2.19. The Kier molecular flexibility index (Phi) is 4.19. The van der Waals surface area contributed by atoms with Crippen molar-refractivity contribution in [3.8, 4) is 0 Å². The van der Waals surface area contributed by atoms with E-state index in [9.17, 15) is 9.59 Å². The highest BCUT2D eigenvalue weighted by atomic mass is 32.1. The monoisotopic (exact) mass is 239 g/mol. The Morgan fingerprint density at radius 3 is 2.81 bits per heavy atom. The van der Waals surface area contributed by atoms with Crippen molar-refractivity contribution in [2.75, 3.05) is 13.1 Å². The van der Waals surface area contributed by atoms with Crippen molar-refractivity contribution in [2.45, 2.75) is 6.92 Å². The first-order valence-corrected chi connectivity index (χ1v) is 5.21. The average molecular weight is 239 g/mol. The van der Waals surface area contributed by atoms with Gasteiger partial charge in [0.1, 0.15) is 0 Å². The molecule has 16 heavy (non-hydrogen) atoms. The standard InChI is InChI=1S/C10H13N3O2S/c1-2-13(6-8(11)16)10(15)7-3-4-12-9(14)5-7/h3-5H,2,6H2,1H3,(H2,11,16)(H,12,14). The van der Waals surface area contributed by atoms with Crippen molar-refractivity contribution in [3.05, 3.63) is 34.2 Å². The molecule has 0 aliphatic carbocycles. The van der Waals surface area contributed by atoms with Crippen LogP contribution in [0.2, 0.25) is 0 Å². The van der Waals surface area contributed by atoms with Gasteiger partial charge in [-0.3, -0.25) is 9.59 Å². The first-order valence-electron chi connectivity index (χ1n) is 4.81. The second kappa shape index (κ2) is 5.41. The molecule has 1 heterocycles. The van der Waals surface area contributed by atoms with E-state index < -0.39 is 0 Å². The van der Waals surface area contributed by atoms with E-state index in [1.807, 2.05) is 6.92 Å². The first-order chi connectivity index (χ1) is 7.54. The predicted molar refractivity (Wildman–Crippen MR) is 65.4 cm³/mol. The number of carbonyl (C=O) groups excluding carboxylic acids is 1. The van der Waals surface area contributed by atoms with Crippen molar-refractivity contribution < 1.29 is 4.79 Å². The van der Waals surface area contributed by atoms with Gasteiger partial charge in [-0.1, -0.05) is 12.2 Å². The van der Waals surface area contributed by atoms with Crippen LogP contribution in [0.1, 0.15) is 17.3 Å². The zero-order valence-electron chi connectivity index (χ0n) is 8.90. The summed E-state index contributed by atoms with van der Waals surface area (Å²) in [5.41, 5.74) is 5.41. The van der Waals surface area contributed by atoms with Crippen molar-refractivity contribution in [1.29, 1.82) is 0 Å². The summed E-state index contributed by atoms with van der Waals surface area (Å²) in [4.78, 5) is 27.2. The molecule has 1 aromatic rings. The molecule has 0 bridgehead atoms. The average Bonchev–Trinajstić information content (AvgIpc) is 2.24. The molecule has 0 saturated carbocycles. The summed E-state index contributed by atoms with van der Waals surface area (Å²) >= 11 is 4.75. The molecule has 1 aromatic heterocycles. The molecule has 1 amide bonds. The molecule has 0 aromatic carbocycles. The second-order valence-corrected chi connectivity index (χ2v) is 3.75. The molecule has 0 atom stereocenters. The highest BCUT2D eigenvalue weighted by Gasteiger charge is 2.14. The van der Waals surface area contributed by atoms with Crippen molar-refractivity contribution >= 4 is 23.1 Å². The number of nitrogens with zero attached hydrogens (tertiary/aromatic N) is 1. The number of nitrogens with one attached hydrogen (secondary N) is 1. The Hall–Kier alpha value is -1.69. The number of H-pyrrole nitrogens is 1. The highest BCUT2D eigenvalue weighted by Crippen LogP contribution is 2.01. The summed E-state index contributed by atoms with van der Waals surface area (Å²) in [7, 11) is 0. The number of carbonyl (C=O) groups is 1. The Morgan fingerprint density at radius 1 is 1.62 bits per heavy atom. The minimum Gasteiger partial charge on any atom is -0.392 e. The number of hydrogen-bond acceptors (Lipinski definition) is 3. The normalized spacial score (nSPS) is 9.81. The number of rotatable bonds is 4. The second-order valence-electron chi connectivity index (χ2n) is 3.23. The van der Waals surface area contributed by atoms with Gasteiger partial charge in [0.25, 0.3) is 5.91 Å². The molecule has 1 rings (SSSR count). The van der Waals surface area contributed by atoms with Crippen LogP contribution < -0.4 is 11.3 Å². The van der Waals surface area contributed by atoms with E-state index in [4.69, 9.17) is 18.0 Å². The molecule has 86 valence electrons. The minimum atomic E-state index is -0.308. The molecule has 0 unspecified atom stereocenters. The van der Waals surface area contributed by atoms with Gasteiger partial charge < -0.3 is 15.6 Å². The molecule has 0 spiro atoms. The first kappa shape index (κ1) is 12.4. The Labute approximate surface area is 98.3 Å². The molecule has 0 aliphatic rings. The third-order valence-corrected chi connectivity index (χ3v) is 2.17. The van der Waals surface area contributed by atoms with Gasteiger partial charge in [-0.05, 0) is 13.0 Å². The van der Waals surface area contributed by atoms with E-state index in [2.05, 4.69) is 4.98 Å². The number of likely N-dealkylation sites (N-methyl/N-ethyl adjacent to an activating group) is 1. The summed E-state index contributed by atoms with van der Waals surface area (Å²) in [5, 5.41) is 0. The smallest absolute Gasteiger partial charge is 0.254 e. The van der Waals surface area contributed by atoms with Gasteiger partial charge in [0.05, 0.1) is 11.5 Å². The maximum Gasteiger partial charge on any atom is 0.254 e. The van der Waals surface area contributed by atoms with Crippen LogP contribution in [-0.4, -0.2) is 33.9 Å². The summed E-state index contributed by atoms with van der Waals surface area (Å²) in [6.45, 7) is 2.53. The van der Waals surface area contributed by atoms with E-state index in [1.54, 1.807) is 6.07 Å². The highest BCUT2D eigenvalue weighted by molar-refractivity contribution is 7.80. The number of hydrogen-bond donors (Lipinski definition) is 2.